The van der Waals surface area contributed by atoms with Crippen molar-refractivity contribution in [3.63, 3.8) is 0 Å². The Hall–Kier alpha value is -2.11. The number of allylic oxidation sites excluding steroid dienone is 1. The lowest BCUT2D eigenvalue weighted by Gasteiger charge is -2.07. The van der Waals surface area contributed by atoms with Crippen LogP contribution in [0.2, 0.25) is 5.02 Å². The van der Waals surface area contributed by atoms with Crippen molar-refractivity contribution in [2.24, 2.45) is 5.10 Å². The van der Waals surface area contributed by atoms with Gasteiger partial charge in [0.15, 0.2) is 6.61 Å². The maximum atomic E-state index is 11.8. The molecule has 0 fully saturated rings. The SMILES string of the molecule is CC(/C=C/c1ccccc1)=N\NC(=O)COc1ccc(Cl)cc1Br. The van der Waals surface area contributed by atoms with Crippen LogP contribution in [0.1, 0.15) is 12.5 Å². The lowest BCUT2D eigenvalue weighted by molar-refractivity contribution is -0.123. The van der Waals surface area contributed by atoms with Gasteiger partial charge in [-0.2, -0.15) is 5.10 Å². The van der Waals surface area contributed by atoms with E-state index in [4.69, 9.17) is 16.3 Å². The number of carbonyl (C=O) groups is 1. The molecule has 6 heteroatoms. The number of amides is 1. The summed E-state index contributed by atoms with van der Waals surface area (Å²) in [5, 5.41) is 4.59. The molecular formula is C18H16BrClN2O2. The summed E-state index contributed by atoms with van der Waals surface area (Å²) in [6, 6.07) is 14.9. The fraction of sp³-hybridized carbons (Fsp3) is 0.111. The van der Waals surface area contributed by atoms with E-state index in [2.05, 4.69) is 26.5 Å². The normalized spacial score (nSPS) is 11.5. The number of nitrogens with one attached hydrogen (secondary N) is 1. The molecule has 1 N–H and O–H groups in total. The van der Waals surface area contributed by atoms with E-state index in [1.54, 1.807) is 25.1 Å². The summed E-state index contributed by atoms with van der Waals surface area (Å²) in [6.45, 7) is 1.66. The second-order valence-electron chi connectivity index (χ2n) is 4.90. The van der Waals surface area contributed by atoms with Crippen LogP contribution < -0.4 is 10.2 Å². The highest BCUT2D eigenvalue weighted by atomic mass is 79.9. The number of rotatable bonds is 6. The number of nitrogens with zero attached hydrogens (tertiary/aromatic N) is 1. The van der Waals surface area contributed by atoms with Gasteiger partial charge >= 0.3 is 0 Å². The Morgan fingerprint density at radius 2 is 2.04 bits per heavy atom. The molecule has 4 nitrogen and oxygen atoms in total. The first-order chi connectivity index (χ1) is 11.5. The van der Waals surface area contributed by atoms with E-state index >= 15 is 0 Å². The summed E-state index contributed by atoms with van der Waals surface area (Å²) in [5.74, 6) is 0.198. The molecule has 0 aromatic heterocycles. The van der Waals surface area contributed by atoms with Crippen LogP contribution in [0.25, 0.3) is 6.08 Å². The summed E-state index contributed by atoms with van der Waals surface area (Å²) in [4.78, 5) is 11.8. The number of hydrogen-bond acceptors (Lipinski definition) is 3. The van der Waals surface area contributed by atoms with Crippen LogP contribution in [0, 0.1) is 0 Å². The predicted molar refractivity (Wildman–Crippen MR) is 101 cm³/mol. The third-order valence-corrected chi connectivity index (χ3v) is 3.78. The Kier molecular flexibility index (Phi) is 7.03. The van der Waals surface area contributed by atoms with E-state index in [0.717, 1.165) is 5.56 Å². The van der Waals surface area contributed by atoms with Crippen molar-refractivity contribution < 1.29 is 9.53 Å². The van der Waals surface area contributed by atoms with Crippen molar-refractivity contribution in [1.82, 2.24) is 5.43 Å². The molecule has 0 spiro atoms. The van der Waals surface area contributed by atoms with Crippen molar-refractivity contribution in [1.29, 1.82) is 0 Å². The van der Waals surface area contributed by atoms with E-state index in [1.165, 1.54) is 0 Å². The second-order valence-corrected chi connectivity index (χ2v) is 6.19. The Labute approximate surface area is 154 Å². The van der Waals surface area contributed by atoms with Crippen LogP contribution in [0.5, 0.6) is 5.75 Å². The fourth-order valence-corrected chi connectivity index (χ4v) is 2.53. The Balaban J connectivity index is 1.82. The Morgan fingerprint density at radius 1 is 1.29 bits per heavy atom. The summed E-state index contributed by atoms with van der Waals surface area (Å²) < 4.78 is 6.10. The first-order valence-electron chi connectivity index (χ1n) is 7.19. The van der Waals surface area contributed by atoms with Gasteiger partial charge in [0.25, 0.3) is 5.91 Å². The number of hydrogen-bond donors (Lipinski definition) is 1. The van der Waals surface area contributed by atoms with Crippen LogP contribution in [0.4, 0.5) is 0 Å². The van der Waals surface area contributed by atoms with Gasteiger partial charge in [0.1, 0.15) is 5.75 Å². The largest absolute Gasteiger partial charge is 0.483 e. The van der Waals surface area contributed by atoms with Crippen molar-refractivity contribution in [3.05, 3.63) is 69.7 Å². The van der Waals surface area contributed by atoms with Crippen molar-refractivity contribution >= 4 is 45.2 Å². The molecule has 2 rings (SSSR count). The van der Waals surface area contributed by atoms with Crippen LogP contribution in [-0.2, 0) is 4.79 Å². The molecule has 0 bridgehead atoms. The summed E-state index contributed by atoms with van der Waals surface area (Å²) >= 11 is 9.17. The van der Waals surface area contributed by atoms with E-state index in [1.807, 2.05) is 42.5 Å². The minimum atomic E-state index is -0.343. The molecule has 0 aliphatic heterocycles. The zero-order valence-electron chi connectivity index (χ0n) is 13.0. The van der Waals surface area contributed by atoms with Crippen LogP contribution in [0.3, 0.4) is 0 Å². The van der Waals surface area contributed by atoms with Crippen molar-refractivity contribution in [2.75, 3.05) is 6.61 Å². The molecule has 0 aliphatic rings. The minimum Gasteiger partial charge on any atom is -0.483 e. The number of ether oxygens (including phenoxy) is 1. The molecule has 1 amide bonds. The third kappa shape index (κ3) is 6.18. The van der Waals surface area contributed by atoms with E-state index in [0.29, 0.717) is 21.0 Å². The molecule has 24 heavy (non-hydrogen) atoms. The molecular weight excluding hydrogens is 392 g/mol. The second kappa shape index (κ2) is 9.25. The number of carbonyl (C=O) groups excluding carboxylic acids is 1. The molecule has 2 aromatic carbocycles. The maximum absolute atomic E-state index is 11.8. The summed E-state index contributed by atoms with van der Waals surface area (Å²) in [7, 11) is 0. The van der Waals surface area contributed by atoms with E-state index in [9.17, 15) is 4.79 Å². The molecule has 0 saturated carbocycles. The van der Waals surface area contributed by atoms with E-state index in [-0.39, 0.29) is 12.5 Å². The van der Waals surface area contributed by atoms with Crippen molar-refractivity contribution in [3.8, 4) is 5.75 Å². The smallest absolute Gasteiger partial charge is 0.277 e. The molecule has 0 aliphatic carbocycles. The predicted octanol–water partition coefficient (Wildman–Crippen LogP) is 4.69. The highest BCUT2D eigenvalue weighted by molar-refractivity contribution is 9.10. The molecule has 0 saturated heterocycles. The highest BCUT2D eigenvalue weighted by Crippen LogP contribution is 2.27. The van der Waals surface area contributed by atoms with Gasteiger partial charge in [-0.3, -0.25) is 4.79 Å². The molecule has 0 atom stereocenters. The maximum Gasteiger partial charge on any atom is 0.277 e. The minimum absolute atomic E-state index is 0.139. The molecule has 0 radical (unpaired) electrons. The van der Waals surface area contributed by atoms with E-state index < -0.39 is 0 Å². The summed E-state index contributed by atoms with van der Waals surface area (Å²) in [5.41, 5.74) is 4.20. The zero-order chi connectivity index (χ0) is 17.4. The lowest BCUT2D eigenvalue weighted by atomic mass is 10.2. The molecule has 124 valence electrons. The zero-order valence-corrected chi connectivity index (χ0v) is 15.3. The van der Waals surface area contributed by atoms with Gasteiger partial charge in [-0.25, -0.2) is 5.43 Å². The van der Waals surface area contributed by atoms with Gasteiger partial charge in [0.05, 0.1) is 10.2 Å². The van der Waals surface area contributed by atoms with Gasteiger partial charge in [-0.05, 0) is 52.7 Å². The average Bonchev–Trinajstić information content (AvgIpc) is 2.58. The molecule has 2 aromatic rings. The Bertz CT molecular complexity index is 761. The van der Waals surface area contributed by atoms with Gasteiger partial charge in [0.2, 0.25) is 0 Å². The topological polar surface area (TPSA) is 50.7 Å². The first kappa shape index (κ1) is 18.2. The van der Waals surface area contributed by atoms with Crippen LogP contribution in [-0.4, -0.2) is 18.2 Å². The average molecular weight is 408 g/mol. The quantitative estimate of drug-likeness (QED) is 0.558. The standard InChI is InChI=1S/C18H16BrClN2O2/c1-13(7-8-14-5-3-2-4-6-14)21-22-18(23)12-24-17-10-9-15(20)11-16(17)19/h2-11H,12H2,1H3,(H,22,23)/b8-7+,21-13+. The molecule has 0 unspecified atom stereocenters. The number of benzene rings is 2. The van der Waals surface area contributed by atoms with Gasteiger partial charge in [0, 0.05) is 5.02 Å². The summed E-state index contributed by atoms with van der Waals surface area (Å²) in [6.07, 6.45) is 3.75. The first-order valence-corrected chi connectivity index (χ1v) is 8.36. The molecule has 0 heterocycles. The fourth-order valence-electron chi connectivity index (χ4n) is 1.74. The number of hydrazone groups is 1. The van der Waals surface area contributed by atoms with Crippen LogP contribution in [0.15, 0.2) is 64.2 Å². The lowest BCUT2D eigenvalue weighted by Crippen LogP contribution is -2.25. The van der Waals surface area contributed by atoms with Crippen molar-refractivity contribution in [2.45, 2.75) is 6.92 Å². The van der Waals surface area contributed by atoms with Gasteiger partial charge in [-0.1, -0.05) is 48.0 Å². The van der Waals surface area contributed by atoms with Gasteiger partial charge in [-0.15, -0.1) is 0 Å². The van der Waals surface area contributed by atoms with Crippen LogP contribution >= 0.6 is 27.5 Å². The Morgan fingerprint density at radius 3 is 2.75 bits per heavy atom. The monoisotopic (exact) mass is 406 g/mol. The van der Waals surface area contributed by atoms with Gasteiger partial charge < -0.3 is 4.74 Å². The third-order valence-electron chi connectivity index (χ3n) is 2.93. The highest BCUT2D eigenvalue weighted by Gasteiger charge is 2.05. The number of halogens is 2.